The van der Waals surface area contributed by atoms with Gasteiger partial charge in [0.25, 0.3) is 0 Å². The molecule has 0 bridgehead atoms. The number of carbonyl (C=O) groups is 4. The zero-order valence-electron chi connectivity index (χ0n) is 13.1. The fraction of sp³-hybridized carbons (Fsp3) is 0.500. The second-order valence-corrected chi connectivity index (χ2v) is 4.60. The summed E-state index contributed by atoms with van der Waals surface area (Å²) in [7, 11) is 0. The Morgan fingerprint density at radius 2 is 0.905 bits per heavy atom. The van der Waals surface area contributed by atoms with Crippen molar-refractivity contribution in [1.29, 1.82) is 0 Å². The zero-order valence-corrected chi connectivity index (χ0v) is 14.0. The topological polar surface area (TPSA) is 68.3 Å². The van der Waals surface area contributed by atoms with Crippen LogP contribution in [0.3, 0.4) is 0 Å². The van der Waals surface area contributed by atoms with Crippen molar-refractivity contribution >= 4 is 23.1 Å². The second kappa shape index (κ2) is 13.7. The van der Waals surface area contributed by atoms with Crippen molar-refractivity contribution < 1.29 is 36.2 Å². The molecule has 0 N–H and O–H groups in total. The molecule has 0 saturated heterocycles. The molecule has 4 nitrogen and oxygen atoms in total. The molecule has 0 unspecified atom stereocenters. The molecule has 0 spiro atoms. The van der Waals surface area contributed by atoms with Crippen molar-refractivity contribution in [3.8, 4) is 0 Å². The zero-order chi connectivity index (χ0) is 16.3. The van der Waals surface area contributed by atoms with Gasteiger partial charge in [0.2, 0.25) is 0 Å². The predicted molar refractivity (Wildman–Crippen MR) is 79.3 cm³/mol. The van der Waals surface area contributed by atoms with Gasteiger partial charge in [-0.25, -0.2) is 0 Å². The first-order valence-corrected chi connectivity index (χ1v) is 6.42. The average Bonchev–Trinajstić information content (AvgIpc) is 2.32. The third-order valence-corrected chi connectivity index (χ3v) is 2.77. The predicted octanol–water partition coefficient (Wildman–Crippen LogP) is 2.71. The van der Waals surface area contributed by atoms with Gasteiger partial charge in [-0.05, 0) is 40.5 Å². The summed E-state index contributed by atoms with van der Waals surface area (Å²) in [6.45, 7) is 12.6. The Balaban J connectivity index is -0.000000295. The van der Waals surface area contributed by atoms with Crippen LogP contribution >= 0.6 is 0 Å². The largest absolute Gasteiger partial charge is 0.299 e. The fourth-order valence-electron chi connectivity index (χ4n) is 1.57. The van der Waals surface area contributed by atoms with Gasteiger partial charge in [0.15, 0.2) is 0 Å². The molecule has 0 aliphatic heterocycles. The van der Waals surface area contributed by atoms with E-state index in [1.807, 2.05) is 0 Å². The standard InChI is InChI=1S/2C8H12O2.Cu/c2*1-4-5-8(6(2)9)7(3)10;/h2*4,8H,1,5H2,2-3H3;. The molecule has 0 aromatic carbocycles. The van der Waals surface area contributed by atoms with Crippen LogP contribution in [0.1, 0.15) is 40.5 Å². The monoisotopic (exact) mass is 343 g/mol. The van der Waals surface area contributed by atoms with Crippen LogP contribution in [0.5, 0.6) is 0 Å². The van der Waals surface area contributed by atoms with E-state index in [1.54, 1.807) is 12.2 Å². The maximum atomic E-state index is 10.7. The summed E-state index contributed by atoms with van der Waals surface area (Å²) in [5.74, 6) is -1.23. The first-order valence-electron chi connectivity index (χ1n) is 6.42. The third-order valence-electron chi connectivity index (χ3n) is 2.77. The maximum absolute atomic E-state index is 10.7. The number of rotatable bonds is 8. The SMILES string of the molecule is C=CCC(C(C)=O)C(C)=O.C=CCC(C(C)=O)C(C)=O.[Cu]. The van der Waals surface area contributed by atoms with Crippen molar-refractivity contribution in [2.75, 3.05) is 0 Å². The summed E-state index contributed by atoms with van der Waals surface area (Å²) in [6, 6.07) is 0. The van der Waals surface area contributed by atoms with Crippen LogP contribution in [0.4, 0.5) is 0 Å². The summed E-state index contributed by atoms with van der Waals surface area (Å²) in [6.07, 6.45) is 4.11. The van der Waals surface area contributed by atoms with E-state index in [4.69, 9.17) is 0 Å². The molecule has 0 saturated carbocycles. The van der Waals surface area contributed by atoms with Crippen molar-refractivity contribution in [3.05, 3.63) is 25.3 Å². The number of allylic oxidation sites excluding steroid dienone is 2. The van der Waals surface area contributed by atoms with Crippen LogP contribution in [0.25, 0.3) is 0 Å². The maximum Gasteiger partial charge on any atom is 0.140 e. The van der Waals surface area contributed by atoms with E-state index in [9.17, 15) is 19.2 Å². The molecule has 0 aromatic rings. The van der Waals surface area contributed by atoms with E-state index in [-0.39, 0.29) is 40.2 Å². The van der Waals surface area contributed by atoms with Gasteiger partial charge < -0.3 is 0 Å². The normalized spacial score (nSPS) is 9.05. The summed E-state index contributed by atoms with van der Waals surface area (Å²) in [5, 5.41) is 0. The molecule has 123 valence electrons. The summed E-state index contributed by atoms with van der Waals surface area (Å²) in [5.41, 5.74) is 0. The smallest absolute Gasteiger partial charge is 0.140 e. The van der Waals surface area contributed by atoms with Gasteiger partial charge in [0, 0.05) is 17.1 Å². The van der Waals surface area contributed by atoms with E-state index in [1.165, 1.54) is 27.7 Å². The van der Waals surface area contributed by atoms with E-state index in [0.717, 1.165) is 0 Å². The molecule has 1 radical (unpaired) electrons. The van der Waals surface area contributed by atoms with E-state index in [0.29, 0.717) is 12.8 Å². The molecule has 0 fully saturated rings. The molecule has 21 heavy (non-hydrogen) atoms. The van der Waals surface area contributed by atoms with E-state index in [2.05, 4.69) is 13.2 Å². The molecular weight excluding hydrogens is 320 g/mol. The Hall–Kier alpha value is -1.32. The van der Waals surface area contributed by atoms with Gasteiger partial charge in [-0.3, -0.25) is 19.2 Å². The number of hydrogen-bond acceptors (Lipinski definition) is 4. The minimum Gasteiger partial charge on any atom is -0.299 e. The molecule has 0 aromatic heterocycles. The van der Waals surface area contributed by atoms with Crippen LogP contribution in [-0.4, -0.2) is 23.1 Å². The summed E-state index contributed by atoms with van der Waals surface area (Å²) < 4.78 is 0. The molecule has 0 aliphatic carbocycles. The first-order chi connectivity index (χ1) is 9.18. The molecule has 5 heteroatoms. The van der Waals surface area contributed by atoms with Gasteiger partial charge in [-0.1, -0.05) is 12.2 Å². The van der Waals surface area contributed by atoms with Crippen molar-refractivity contribution in [2.24, 2.45) is 11.8 Å². The summed E-state index contributed by atoms with van der Waals surface area (Å²) in [4.78, 5) is 42.8. The minimum atomic E-state index is -0.461. The summed E-state index contributed by atoms with van der Waals surface area (Å²) >= 11 is 0. The average molecular weight is 344 g/mol. The minimum absolute atomic E-state index is 0. The van der Waals surface area contributed by atoms with E-state index < -0.39 is 11.8 Å². The molecule has 0 heterocycles. The number of carbonyl (C=O) groups excluding carboxylic acids is 4. The second-order valence-electron chi connectivity index (χ2n) is 4.60. The Morgan fingerprint density at radius 3 is 0.952 bits per heavy atom. The molecule has 0 rings (SSSR count). The van der Waals surface area contributed by atoms with Gasteiger partial charge >= 0.3 is 0 Å². The number of Topliss-reactive ketones (excluding diaryl/α,β-unsaturated/α-hetero) is 4. The van der Waals surface area contributed by atoms with Crippen LogP contribution < -0.4 is 0 Å². The fourth-order valence-corrected chi connectivity index (χ4v) is 1.57. The Labute approximate surface area is 137 Å². The van der Waals surface area contributed by atoms with Crippen molar-refractivity contribution in [1.82, 2.24) is 0 Å². The first kappa shape index (κ1) is 24.7. The number of ketones is 4. The van der Waals surface area contributed by atoms with Crippen LogP contribution in [0.15, 0.2) is 25.3 Å². The van der Waals surface area contributed by atoms with Gasteiger partial charge in [0.05, 0.1) is 11.8 Å². The van der Waals surface area contributed by atoms with Crippen LogP contribution in [0, 0.1) is 11.8 Å². The van der Waals surface area contributed by atoms with Gasteiger partial charge in [-0.2, -0.15) is 0 Å². The molecular formula is C16H24CuO4. The van der Waals surface area contributed by atoms with Gasteiger partial charge in [-0.15, -0.1) is 13.2 Å². The van der Waals surface area contributed by atoms with Crippen molar-refractivity contribution in [3.63, 3.8) is 0 Å². The van der Waals surface area contributed by atoms with Crippen LogP contribution in [-0.2, 0) is 36.2 Å². The third kappa shape index (κ3) is 12.2. The number of hydrogen-bond donors (Lipinski definition) is 0. The quantitative estimate of drug-likeness (QED) is 0.386. The van der Waals surface area contributed by atoms with E-state index >= 15 is 0 Å². The van der Waals surface area contributed by atoms with Gasteiger partial charge in [0.1, 0.15) is 23.1 Å². The van der Waals surface area contributed by atoms with Crippen LogP contribution in [0.2, 0.25) is 0 Å². The molecule has 0 aliphatic rings. The molecule has 0 atom stereocenters. The van der Waals surface area contributed by atoms with Crippen molar-refractivity contribution in [2.45, 2.75) is 40.5 Å². The Morgan fingerprint density at radius 1 is 0.714 bits per heavy atom. The Kier molecular flexibility index (Phi) is 16.0. The molecule has 0 amide bonds. The Bertz CT molecular complexity index is 333.